The Morgan fingerprint density at radius 2 is 2.07 bits per heavy atom. The summed E-state index contributed by atoms with van der Waals surface area (Å²) in [6.07, 6.45) is 12.7. The quantitative estimate of drug-likeness (QED) is 0.782. The van der Waals surface area contributed by atoms with Gasteiger partial charge in [-0.05, 0) is 75.1 Å². The summed E-state index contributed by atoms with van der Waals surface area (Å²) in [5.41, 5.74) is 4.32. The molecule has 5 rings (SSSR count). The van der Waals surface area contributed by atoms with Gasteiger partial charge in [0.25, 0.3) is 0 Å². The van der Waals surface area contributed by atoms with Gasteiger partial charge < -0.3 is 5.32 Å². The lowest BCUT2D eigenvalue weighted by atomic mass is 9.52. The number of nitrogens with one attached hydrogen (secondary N) is 1. The first kappa shape index (κ1) is 18.8. The van der Waals surface area contributed by atoms with Crippen molar-refractivity contribution in [2.75, 3.05) is 19.6 Å². The smallest absolute Gasteiger partial charge is 0.177 e. The maximum absolute atomic E-state index is 13.5. The van der Waals surface area contributed by atoms with Crippen LogP contribution in [0, 0.1) is 5.92 Å². The molecule has 2 saturated heterocycles. The number of fused-ring (bicyclic) bond motifs is 1. The third kappa shape index (κ3) is 2.97. The van der Waals surface area contributed by atoms with Gasteiger partial charge in [-0.15, -0.1) is 0 Å². The minimum Gasteiger partial charge on any atom is -0.313 e. The molecule has 1 saturated carbocycles. The van der Waals surface area contributed by atoms with Gasteiger partial charge >= 0.3 is 0 Å². The minimum absolute atomic E-state index is 0.342. The van der Waals surface area contributed by atoms with Crippen molar-refractivity contribution in [3.63, 3.8) is 0 Å². The van der Waals surface area contributed by atoms with Gasteiger partial charge in [-0.3, -0.25) is 9.69 Å². The van der Waals surface area contributed by atoms with Crippen molar-refractivity contribution in [3.8, 4) is 0 Å². The van der Waals surface area contributed by atoms with E-state index in [1.165, 1.54) is 56.9 Å². The maximum atomic E-state index is 13.5. The lowest BCUT2D eigenvalue weighted by Gasteiger charge is -2.56. The zero-order chi connectivity index (χ0) is 19.1. The average molecular weight is 381 g/mol. The van der Waals surface area contributed by atoms with Crippen molar-refractivity contribution in [1.29, 1.82) is 0 Å². The fraction of sp³-hybridized carbons (Fsp3) is 0.720. The number of benzene rings is 1. The second kappa shape index (κ2) is 7.57. The van der Waals surface area contributed by atoms with Crippen LogP contribution in [-0.2, 0) is 11.8 Å². The summed E-state index contributed by atoms with van der Waals surface area (Å²) in [6, 6.07) is 7.86. The van der Waals surface area contributed by atoms with Crippen LogP contribution in [0.5, 0.6) is 0 Å². The summed E-state index contributed by atoms with van der Waals surface area (Å²) in [6.45, 7) is 5.12. The number of nitrogens with zero attached hydrogens (tertiary/aromatic N) is 1. The second-order valence-electron chi connectivity index (χ2n) is 9.81. The van der Waals surface area contributed by atoms with Crippen LogP contribution in [0.4, 0.5) is 0 Å². The molecule has 0 aromatic heterocycles. The van der Waals surface area contributed by atoms with Gasteiger partial charge in [0.2, 0.25) is 0 Å². The molecule has 1 N–H and O–H groups in total. The molecule has 3 fully saturated rings. The van der Waals surface area contributed by atoms with Crippen molar-refractivity contribution >= 4 is 5.78 Å². The van der Waals surface area contributed by atoms with Crippen molar-refractivity contribution in [1.82, 2.24) is 10.2 Å². The van der Waals surface area contributed by atoms with Crippen molar-refractivity contribution in [2.24, 2.45) is 5.92 Å². The fourth-order valence-corrected chi connectivity index (χ4v) is 7.22. The van der Waals surface area contributed by atoms with Gasteiger partial charge in [0.05, 0.1) is 6.54 Å². The fourth-order valence-electron chi connectivity index (χ4n) is 7.22. The summed E-state index contributed by atoms with van der Waals surface area (Å²) in [7, 11) is 0. The molecule has 1 aromatic carbocycles. The molecule has 4 aliphatic rings. The van der Waals surface area contributed by atoms with Crippen LogP contribution in [0.15, 0.2) is 18.2 Å². The highest BCUT2D eigenvalue weighted by Gasteiger charge is 2.51. The predicted octanol–water partition coefficient (Wildman–Crippen LogP) is 4.48. The van der Waals surface area contributed by atoms with E-state index < -0.39 is 0 Å². The molecular weight excluding hydrogens is 344 g/mol. The number of rotatable bonds is 4. The molecule has 0 spiro atoms. The zero-order valence-corrected chi connectivity index (χ0v) is 17.5. The first-order chi connectivity index (χ1) is 13.7. The van der Waals surface area contributed by atoms with E-state index in [1.807, 2.05) is 0 Å². The summed E-state index contributed by atoms with van der Waals surface area (Å²) in [4.78, 5) is 15.9. The van der Waals surface area contributed by atoms with Crippen LogP contribution in [0.3, 0.4) is 0 Å². The van der Waals surface area contributed by atoms with Crippen molar-refractivity contribution in [2.45, 2.75) is 88.6 Å². The molecule has 3 nitrogen and oxygen atoms in total. The van der Waals surface area contributed by atoms with Gasteiger partial charge in [-0.25, -0.2) is 0 Å². The third-order valence-corrected chi connectivity index (χ3v) is 8.57. The summed E-state index contributed by atoms with van der Waals surface area (Å²) in [5.74, 6) is 1.14. The number of hydrogen-bond donors (Lipinski definition) is 1. The molecule has 28 heavy (non-hydrogen) atoms. The highest BCUT2D eigenvalue weighted by molar-refractivity contribution is 5.99. The Morgan fingerprint density at radius 3 is 2.96 bits per heavy atom. The Hall–Kier alpha value is -1.19. The SMILES string of the molecule is CCC1CCCCN1CC(=O)c1cccc2c1C[C@H]1NCC[C@@]23CCCC[C@@H]13. The normalized spacial score (nSPS) is 35.1. The average Bonchev–Trinajstić information content (AvgIpc) is 2.73. The third-order valence-electron chi connectivity index (χ3n) is 8.57. The molecule has 4 atom stereocenters. The monoisotopic (exact) mass is 380 g/mol. The standard InChI is InChI=1S/C25H36N2O/c1-2-18-8-4-6-15-27(18)17-24(28)19-9-7-11-21-20(19)16-23-22-10-3-5-12-25(21,22)13-14-26-23/h7,9,11,18,22-23,26H,2-6,8,10,12-17H2,1H3/t18?,22-,23+,25-/m0/s1. The number of hydrogen-bond acceptors (Lipinski definition) is 3. The molecule has 1 aromatic rings. The molecule has 2 bridgehead atoms. The van der Waals surface area contributed by atoms with E-state index >= 15 is 0 Å². The van der Waals surface area contributed by atoms with Gasteiger partial charge in [-0.2, -0.15) is 0 Å². The first-order valence-corrected chi connectivity index (χ1v) is 11.9. The predicted molar refractivity (Wildman–Crippen MR) is 114 cm³/mol. The summed E-state index contributed by atoms with van der Waals surface area (Å²) < 4.78 is 0. The highest BCUT2D eigenvalue weighted by atomic mass is 16.1. The summed E-state index contributed by atoms with van der Waals surface area (Å²) >= 11 is 0. The second-order valence-corrected chi connectivity index (χ2v) is 9.81. The van der Waals surface area contributed by atoms with Gasteiger partial charge in [0.1, 0.15) is 0 Å². The van der Waals surface area contributed by atoms with Crippen LogP contribution in [0.2, 0.25) is 0 Å². The minimum atomic E-state index is 0.342. The first-order valence-electron chi connectivity index (χ1n) is 11.9. The van der Waals surface area contributed by atoms with Crippen molar-refractivity contribution < 1.29 is 4.79 Å². The molecule has 152 valence electrons. The molecule has 2 heterocycles. The molecule has 2 aliphatic heterocycles. The van der Waals surface area contributed by atoms with Gasteiger partial charge in [-0.1, -0.05) is 44.4 Å². The number of carbonyl (C=O) groups excluding carboxylic acids is 1. The Morgan fingerprint density at radius 1 is 1.18 bits per heavy atom. The number of Topliss-reactive ketones (excluding diaryl/α,β-unsaturated/α-hetero) is 1. The Bertz CT molecular complexity index is 740. The van der Waals surface area contributed by atoms with Crippen LogP contribution in [0.1, 0.15) is 86.2 Å². The van der Waals surface area contributed by atoms with Crippen LogP contribution >= 0.6 is 0 Å². The summed E-state index contributed by atoms with van der Waals surface area (Å²) in [5, 5.41) is 3.83. The lowest BCUT2D eigenvalue weighted by Crippen LogP contribution is -2.59. The largest absolute Gasteiger partial charge is 0.313 e. The number of carbonyl (C=O) groups is 1. The molecule has 0 amide bonds. The lowest BCUT2D eigenvalue weighted by molar-refractivity contribution is 0.0770. The molecule has 3 heteroatoms. The zero-order valence-electron chi connectivity index (χ0n) is 17.5. The molecule has 0 radical (unpaired) electrons. The van der Waals surface area contributed by atoms with E-state index in [2.05, 4.69) is 35.3 Å². The van der Waals surface area contributed by atoms with E-state index in [-0.39, 0.29) is 0 Å². The van der Waals surface area contributed by atoms with Crippen molar-refractivity contribution in [3.05, 3.63) is 34.9 Å². The van der Waals surface area contributed by atoms with Gasteiger partial charge in [0.15, 0.2) is 5.78 Å². The van der Waals surface area contributed by atoms with Gasteiger partial charge in [0, 0.05) is 23.1 Å². The van der Waals surface area contributed by atoms with E-state index in [1.54, 1.807) is 5.56 Å². The van der Waals surface area contributed by atoms with Crippen LogP contribution in [-0.4, -0.2) is 42.4 Å². The van der Waals surface area contributed by atoms with E-state index in [9.17, 15) is 4.79 Å². The molecule has 2 aliphatic carbocycles. The molecular formula is C25H36N2O. The van der Waals surface area contributed by atoms with Crippen LogP contribution in [0.25, 0.3) is 0 Å². The Labute approximate surface area is 170 Å². The maximum Gasteiger partial charge on any atom is 0.177 e. The number of likely N-dealkylation sites (tertiary alicyclic amines) is 1. The number of piperidine rings is 2. The highest BCUT2D eigenvalue weighted by Crippen LogP contribution is 2.54. The van der Waals surface area contributed by atoms with Crippen LogP contribution < -0.4 is 5.32 Å². The Kier molecular flexibility index (Phi) is 5.09. The number of ketones is 1. The van der Waals surface area contributed by atoms with E-state index in [4.69, 9.17) is 0 Å². The topological polar surface area (TPSA) is 32.3 Å². The molecule has 1 unspecified atom stereocenters. The van der Waals surface area contributed by atoms with E-state index in [0.29, 0.717) is 29.8 Å². The Balaban J connectivity index is 1.47. The van der Waals surface area contributed by atoms with E-state index in [0.717, 1.165) is 37.4 Å².